The molecule has 0 rings (SSSR count). The normalized spacial score (nSPS) is 12.5. The number of hydrogen-bond donors (Lipinski definition) is 4. The maximum absolute atomic E-state index is 8.03. The first-order valence-corrected chi connectivity index (χ1v) is 10.5. The van der Waals surface area contributed by atoms with Crippen molar-refractivity contribution in [2.24, 2.45) is 26.0 Å². The Kier molecular flexibility index (Phi) is 30.1. The summed E-state index contributed by atoms with van der Waals surface area (Å²) in [4.78, 5) is 0. The number of oxime groups is 4. The van der Waals surface area contributed by atoms with Gasteiger partial charge in [0.15, 0.2) is 0 Å². The fraction of sp³-hybridized carbons (Fsp3) is 0.688. The van der Waals surface area contributed by atoms with Crippen LogP contribution < -0.4 is 0 Å². The van der Waals surface area contributed by atoms with Crippen LogP contribution in [-0.4, -0.2) is 63.7 Å². The van der Waals surface area contributed by atoms with Crippen LogP contribution in [0.25, 0.3) is 0 Å². The molecule has 4 N–H and O–H groups in total. The standard InChI is InChI=1S/C5H11.2C4H8N2O2.C3H9P.Co/c1-5(2,3)4;2*1-3(5-7)4(2)6-8;1-4(2)3;/h1H2,2-4H3;2*7-8H,1-2H3;1-3H3;/q-1;;;;/p+1. The van der Waals surface area contributed by atoms with Crippen molar-refractivity contribution in [2.45, 2.75) is 48.5 Å². The average Bonchev–Trinajstić information content (AvgIpc) is 2.50. The summed E-state index contributed by atoms with van der Waals surface area (Å²) in [6, 6.07) is 0. The minimum atomic E-state index is 0. The maximum Gasteiger partial charge on any atom is 0.101 e. The Morgan fingerprint density at radius 2 is 0.731 bits per heavy atom. The third-order valence-electron chi connectivity index (χ3n) is 1.65. The van der Waals surface area contributed by atoms with Gasteiger partial charge in [-0.2, -0.15) is 5.41 Å². The van der Waals surface area contributed by atoms with Crippen molar-refractivity contribution in [2.75, 3.05) is 20.0 Å². The Balaban J connectivity index is -0.0000000773. The average molecular weight is 439 g/mol. The van der Waals surface area contributed by atoms with Crippen LogP contribution in [0.3, 0.4) is 0 Å². The topological polar surface area (TPSA) is 130 Å². The van der Waals surface area contributed by atoms with Crippen molar-refractivity contribution in [3.05, 3.63) is 6.92 Å². The van der Waals surface area contributed by atoms with Crippen LogP contribution in [-0.2, 0) is 16.8 Å². The van der Waals surface area contributed by atoms with Gasteiger partial charge in [0.2, 0.25) is 0 Å². The predicted molar refractivity (Wildman–Crippen MR) is 110 cm³/mol. The fourth-order valence-electron chi connectivity index (χ4n) is 0.289. The molecule has 0 spiro atoms. The molecular formula is C16H37CoN4O4P. The summed E-state index contributed by atoms with van der Waals surface area (Å²) in [7, 11) is 0.120. The van der Waals surface area contributed by atoms with Crippen LogP contribution in [0.4, 0.5) is 0 Å². The van der Waals surface area contributed by atoms with E-state index in [9.17, 15) is 0 Å². The van der Waals surface area contributed by atoms with E-state index in [0.29, 0.717) is 22.8 Å². The van der Waals surface area contributed by atoms with E-state index < -0.39 is 0 Å². The molecule has 0 atom stereocenters. The second-order valence-electron chi connectivity index (χ2n) is 6.80. The Morgan fingerprint density at radius 3 is 0.769 bits per heavy atom. The zero-order valence-electron chi connectivity index (χ0n) is 17.6. The SMILES string of the molecule is CC(=NO)C(C)=NO.CC(=NO)C(C)=NO.C[PH+](C)C.[CH2-]C(C)(C)C.[Co]. The zero-order chi connectivity index (χ0) is 21.2. The van der Waals surface area contributed by atoms with Crippen molar-refractivity contribution in [1.29, 1.82) is 0 Å². The summed E-state index contributed by atoms with van der Waals surface area (Å²) in [5.74, 6) is 0. The van der Waals surface area contributed by atoms with Crippen LogP contribution in [0.15, 0.2) is 20.6 Å². The van der Waals surface area contributed by atoms with Crippen LogP contribution in [0, 0.1) is 12.3 Å². The van der Waals surface area contributed by atoms with E-state index >= 15 is 0 Å². The van der Waals surface area contributed by atoms with Crippen molar-refractivity contribution in [1.82, 2.24) is 0 Å². The first-order chi connectivity index (χ1) is 11.2. The molecule has 26 heavy (non-hydrogen) atoms. The van der Waals surface area contributed by atoms with Gasteiger partial charge in [-0.1, -0.05) is 41.4 Å². The second kappa shape index (κ2) is 21.9. The molecule has 0 bridgehead atoms. The van der Waals surface area contributed by atoms with E-state index in [1.54, 1.807) is 0 Å². The molecule has 0 aliphatic heterocycles. The van der Waals surface area contributed by atoms with E-state index in [2.05, 4.69) is 68.3 Å². The molecule has 0 aromatic carbocycles. The van der Waals surface area contributed by atoms with Crippen LogP contribution in [0.1, 0.15) is 48.5 Å². The third kappa shape index (κ3) is 49.5. The molecule has 0 saturated carbocycles. The van der Waals surface area contributed by atoms with E-state index in [0.717, 1.165) is 0 Å². The molecule has 0 aliphatic rings. The van der Waals surface area contributed by atoms with Crippen molar-refractivity contribution in [3.8, 4) is 0 Å². The third-order valence-corrected chi connectivity index (χ3v) is 1.65. The van der Waals surface area contributed by atoms with Gasteiger partial charge in [0, 0.05) is 36.8 Å². The summed E-state index contributed by atoms with van der Waals surface area (Å²) in [5.41, 5.74) is 1.50. The Bertz CT molecular complexity index is 373. The molecule has 0 fully saturated rings. The Labute approximate surface area is 170 Å². The van der Waals surface area contributed by atoms with E-state index in [4.69, 9.17) is 20.8 Å². The van der Waals surface area contributed by atoms with Crippen molar-refractivity contribution in [3.63, 3.8) is 0 Å². The monoisotopic (exact) mass is 439 g/mol. The molecule has 159 valence electrons. The largest absolute Gasteiger partial charge is 0.411 e. The van der Waals surface area contributed by atoms with Gasteiger partial charge in [0.05, 0.1) is 0 Å². The molecule has 1 radical (unpaired) electrons. The van der Waals surface area contributed by atoms with Crippen LogP contribution in [0.5, 0.6) is 0 Å². The van der Waals surface area contributed by atoms with E-state index in [-0.39, 0.29) is 30.1 Å². The van der Waals surface area contributed by atoms with Crippen LogP contribution in [0.2, 0.25) is 0 Å². The van der Waals surface area contributed by atoms with E-state index in [1.165, 1.54) is 27.7 Å². The minimum absolute atomic E-state index is 0. The van der Waals surface area contributed by atoms with Gasteiger partial charge >= 0.3 is 0 Å². The molecule has 10 heteroatoms. The van der Waals surface area contributed by atoms with E-state index in [1.807, 2.05) is 0 Å². The summed E-state index contributed by atoms with van der Waals surface area (Å²) >= 11 is 0. The fourth-order valence-corrected chi connectivity index (χ4v) is 0.289. The molecule has 0 aromatic rings. The minimum Gasteiger partial charge on any atom is -0.411 e. The molecule has 0 unspecified atom stereocenters. The first kappa shape index (κ1) is 35.8. The number of nitrogens with zero attached hydrogens (tertiary/aromatic N) is 4. The summed E-state index contributed by atoms with van der Waals surface area (Å²) < 4.78 is 0. The molecule has 0 aromatic heterocycles. The summed E-state index contributed by atoms with van der Waals surface area (Å²) in [6.45, 7) is 23.0. The van der Waals surface area contributed by atoms with Gasteiger partial charge in [-0.25, -0.2) is 0 Å². The molecule has 0 heterocycles. The van der Waals surface area contributed by atoms with Gasteiger partial charge < -0.3 is 27.8 Å². The molecule has 0 aliphatic carbocycles. The van der Waals surface area contributed by atoms with Gasteiger partial charge in [-0.05, 0) is 35.6 Å². The molecule has 0 saturated heterocycles. The first-order valence-electron chi connectivity index (χ1n) is 7.55. The smallest absolute Gasteiger partial charge is 0.101 e. The number of hydrogen-bond acceptors (Lipinski definition) is 8. The van der Waals surface area contributed by atoms with Gasteiger partial charge in [-0.15, -0.1) is 0 Å². The Hall–Kier alpha value is -1.18. The van der Waals surface area contributed by atoms with Crippen molar-refractivity contribution < 1.29 is 37.6 Å². The van der Waals surface area contributed by atoms with Crippen LogP contribution >= 0.6 is 7.92 Å². The molecule has 8 nitrogen and oxygen atoms in total. The predicted octanol–water partition coefficient (Wildman–Crippen LogP) is 4.33. The summed E-state index contributed by atoms with van der Waals surface area (Å²) in [5, 5.41) is 43.3. The zero-order valence-corrected chi connectivity index (χ0v) is 19.7. The second-order valence-corrected chi connectivity index (χ2v) is 9.80. The quantitative estimate of drug-likeness (QED) is 0.168. The van der Waals surface area contributed by atoms with Gasteiger partial charge in [0.1, 0.15) is 22.8 Å². The molecular weight excluding hydrogens is 402 g/mol. The van der Waals surface area contributed by atoms with Gasteiger partial charge in [0.25, 0.3) is 0 Å². The van der Waals surface area contributed by atoms with Crippen molar-refractivity contribution >= 4 is 30.8 Å². The number of rotatable bonds is 2. The maximum atomic E-state index is 8.03. The summed E-state index contributed by atoms with van der Waals surface area (Å²) in [6.07, 6.45) is 0. The molecule has 0 amide bonds. The Morgan fingerprint density at radius 1 is 0.654 bits per heavy atom. The van der Waals surface area contributed by atoms with Gasteiger partial charge in [-0.3, -0.25) is 0 Å².